The van der Waals surface area contributed by atoms with Crippen molar-refractivity contribution in [1.29, 1.82) is 0 Å². The molecule has 3 nitrogen and oxygen atoms in total. The number of aromatic nitrogens is 1. The van der Waals surface area contributed by atoms with E-state index in [1.165, 1.54) is 39.0 Å². The summed E-state index contributed by atoms with van der Waals surface area (Å²) >= 11 is 0. The maximum absolute atomic E-state index is 5.05. The molecule has 0 radical (unpaired) electrons. The number of hydrogen-bond acceptors (Lipinski definition) is 2. The van der Waals surface area contributed by atoms with Gasteiger partial charge in [0.05, 0.1) is 12.0 Å². The molecule has 206 valence electrons. The fourth-order valence-corrected chi connectivity index (χ4v) is 6.63. The van der Waals surface area contributed by atoms with Crippen LogP contribution in [0.1, 0.15) is 34.2 Å². The molecule has 0 fully saturated rings. The number of fused-ring (bicyclic) bond motifs is 3. The summed E-state index contributed by atoms with van der Waals surface area (Å²) in [6, 6.07) is 38.6. The molecule has 0 saturated carbocycles. The smallest absolute Gasteiger partial charge is 0.154 e. The summed E-state index contributed by atoms with van der Waals surface area (Å²) in [5, 5.41) is 0. The topological polar surface area (TPSA) is 37.6 Å². The van der Waals surface area contributed by atoms with Gasteiger partial charge in [0, 0.05) is 18.0 Å². The van der Waals surface area contributed by atoms with E-state index >= 15 is 0 Å². The molecule has 0 bridgehead atoms. The second-order valence-electron chi connectivity index (χ2n) is 10.8. The predicted octanol–water partition coefficient (Wildman–Crippen LogP) is 9.15. The molecule has 0 aliphatic heterocycles. The molecule has 1 unspecified atom stereocenters. The maximum Gasteiger partial charge on any atom is 0.154 e. The van der Waals surface area contributed by atoms with Crippen LogP contribution in [0.5, 0.6) is 0 Å². The quantitative estimate of drug-likeness (QED) is 0.153. The van der Waals surface area contributed by atoms with E-state index < -0.39 is 5.41 Å². The monoisotopic (exact) mass is 553 g/mol. The van der Waals surface area contributed by atoms with Gasteiger partial charge in [-0.3, -0.25) is 9.98 Å². The average Bonchev–Trinajstić information content (AvgIpc) is 3.18. The van der Waals surface area contributed by atoms with Gasteiger partial charge in [0.25, 0.3) is 0 Å². The fraction of sp³-hybridized carbons (Fsp3) is 0.0750. The number of benzene rings is 4. The van der Waals surface area contributed by atoms with Crippen LogP contribution in [-0.4, -0.2) is 17.5 Å². The van der Waals surface area contributed by atoms with E-state index in [2.05, 4.69) is 150 Å². The van der Waals surface area contributed by atoms with Crippen LogP contribution in [-0.2, 0) is 12.0 Å². The molecule has 1 aromatic heterocycles. The number of nitrogens with zero attached hydrogens (tertiary/aromatic N) is 3. The molecule has 2 aliphatic rings. The van der Waals surface area contributed by atoms with E-state index in [4.69, 9.17) is 4.99 Å². The highest BCUT2D eigenvalue weighted by molar-refractivity contribution is 6.09. The lowest BCUT2D eigenvalue weighted by atomic mass is 9.67. The van der Waals surface area contributed by atoms with Gasteiger partial charge in [-0.25, -0.2) is 4.99 Å². The molecular formula is C40H31N3. The summed E-state index contributed by atoms with van der Waals surface area (Å²) in [5.74, 6) is 0.648. The van der Waals surface area contributed by atoms with Gasteiger partial charge >= 0.3 is 0 Å². The molecule has 5 aromatic rings. The van der Waals surface area contributed by atoms with Crippen molar-refractivity contribution in [3.8, 4) is 22.3 Å². The lowest BCUT2D eigenvalue weighted by Gasteiger charge is -2.34. The Kier molecular flexibility index (Phi) is 7.06. The molecule has 7 rings (SSSR count). The van der Waals surface area contributed by atoms with Crippen molar-refractivity contribution in [2.24, 2.45) is 9.98 Å². The van der Waals surface area contributed by atoms with Gasteiger partial charge in [0.15, 0.2) is 5.84 Å². The van der Waals surface area contributed by atoms with Gasteiger partial charge in [-0.2, -0.15) is 0 Å². The van der Waals surface area contributed by atoms with Crippen LogP contribution in [0, 0.1) is 0 Å². The largest absolute Gasteiger partial charge is 0.265 e. The average molecular weight is 554 g/mol. The molecule has 0 amide bonds. The third-order valence-electron chi connectivity index (χ3n) is 8.45. The first kappa shape index (κ1) is 26.5. The first-order valence-corrected chi connectivity index (χ1v) is 14.6. The fourth-order valence-electron chi connectivity index (χ4n) is 6.63. The molecule has 1 atom stereocenters. The Bertz CT molecular complexity index is 1930. The zero-order valence-corrected chi connectivity index (χ0v) is 23.9. The van der Waals surface area contributed by atoms with Crippen LogP contribution >= 0.6 is 0 Å². The zero-order chi connectivity index (χ0) is 29.1. The summed E-state index contributed by atoms with van der Waals surface area (Å²) in [6.07, 6.45) is 15.7. The summed E-state index contributed by atoms with van der Waals surface area (Å²) in [5.41, 5.74) is 11.2. The van der Waals surface area contributed by atoms with E-state index in [9.17, 15) is 0 Å². The van der Waals surface area contributed by atoms with Gasteiger partial charge < -0.3 is 0 Å². The second-order valence-corrected chi connectivity index (χ2v) is 10.8. The van der Waals surface area contributed by atoms with Crippen LogP contribution in [0.2, 0.25) is 0 Å². The lowest BCUT2D eigenvalue weighted by molar-refractivity contribution is 0.761. The lowest BCUT2D eigenvalue weighted by Crippen LogP contribution is -2.29. The number of amidine groups is 1. The number of hydrogen-bond donors (Lipinski definition) is 0. The Balaban J connectivity index is 1.39. The van der Waals surface area contributed by atoms with Crippen molar-refractivity contribution in [2.45, 2.75) is 18.4 Å². The molecule has 0 N–H and O–H groups in total. The van der Waals surface area contributed by atoms with Gasteiger partial charge in [-0.05, 0) is 81.4 Å². The van der Waals surface area contributed by atoms with Crippen molar-refractivity contribution in [1.82, 2.24) is 4.98 Å². The van der Waals surface area contributed by atoms with E-state index in [-0.39, 0.29) is 0 Å². The van der Waals surface area contributed by atoms with Crippen LogP contribution in [0.3, 0.4) is 0 Å². The Morgan fingerprint density at radius 2 is 1.53 bits per heavy atom. The first-order valence-electron chi connectivity index (χ1n) is 14.6. The van der Waals surface area contributed by atoms with E-state index in [1.807, 2.05) is 18.5 Å². The summed E-state index contributed by atoms with van der Waals surface area (Å²) < 4.78 is 0. The van der Waals surface area contributed by atoms with Crippen molar-refractivity contribution in [3.63, 3.8) is 0 Å². The van der Waals surface area contributed by atoms with E-state index in [0.29, 0.717) is 12.4 Å². The van der Waals surface area contributed by atoms with E-state index in [0.717, 1.165) is 23.1 Å². The van der Waals surface area contributed by atoms with Gasteiger partial charge in [0.2, 0.25) is 0 Å². The Labute approximate surface area is 253 Å². The Morgan fingerprint density at radius 1 is 0.767 bits per heavy atom. The second kappa shape index (κ2) is 11.5. The highest BCUT2D eigenvalue weighted by Crippen LogP contribution is 2.57. The molecule has 2 aliphatic carbocycles. The van der Waals surface area contributed by atoms with Crippen molar-refractivity contribution >= 4 is 12.6 Å². The molecule has 1 heterocycles. The number of pyridine rings is 1. The van der Waals surface area contributed by atoms with Crippen LogP contribution in [0.15, 0.2) is 168 Å². The van der Waals surface area contributed by atoms with Crippen LogP contribution < -0.4 is 0 Å². The predicted molar refractivity (Wildman–Crippen MR) is 179 cm³/mol. The van der Waals surface area contributed by atoms with Gasteiger partial charge in [-0.1, -0.05) is 121 Å². The Morgan fingerprint density at radius 3 is 2.40 bits per heavy atom. The standard InChI is InChI=1S/C40H31N3/c1-41-39(43-28-29-13-11-16-31(27-29)30-14-5-4-6-15-30)35-20-12-22-37-38(35)34-19-9-10-21-36(34)40(37,33-23-25-42-26-24-33)32-17-7-2-3-8-18-32/h2-7,9-27H,1,8,28H2. The van der Waals surface area contributed by atoms with Crippen LogP contribution in [0.4, 0.5) is 0 Å². The number of allylic oxidation sites excluding steroid dienone is 6. The minimum absolute atomic E-state index is 0.496. The molecular weight excluding hydrogens is 522 g/mol. The third kappa shape index (κ3) is 4.60. The Hall–Kier alpha value is -5.41. The highest BCUT2D eigenvalue weighted by Gasteiger charge is 2.47. The van der Waals surface area contributed by atoms with Crippen LogP contribution in [0.25, 0.3) is 22.3 Å². The van der Waals surface area contributed by atoms with Gasteiger partial charge in [0.1, 0.15) is 0 Å². The summed E-state index contributed by atoms with van der Waals surface area (Å²) in [4.78, 5) is 13.9. The molecule has 43 heavy (non-hydrogen) atoms. The minimum atomic E-state index is -0.496. The SMILES string of the molecule is C=NC(=NCc1cccc(-c2ccccc2)c1)c1cccc2c1-c1ccccc1C2(C1=CCC=CC=C1)c1ccncc1. The summed E-state index contributed by atoms with van der Waals surface area (Å²) in [6.45, 7) is 4.48. The van der Waals surface area contributed by atoms with Crippen molar-refractivity contribution < 1.29 is 0 Å². The number of rotatable bonds is 6. The number of aliphatic imine (C=N–C) groups is 2. The summed E-state index contributed by atoms with van der Waals surface area (Å²) in [7, 11) is 0. The molecule has 0 saturated heterocycles. The third-order valence-corrected chi connectivity index (χ3v) is 8.45. The van der Waals surface area contributed by atoms with E-state index in [1.54, 1.807) is 0 Å². The first-order chi connectivity index (χ1) is 21.3. The molecule has 4 aromatic carbocycles. The highest BCUT2D eigenvalue weighted by atomic mass is 14.9. The minimum Gasteiger partial charge on any atom is -0.265 e. The normalized spacial score (nSPS) is 17.1. The molecule has 0 spiro atoms. The molecule has 3 heteroatoms. The zero-order valence-electron chi connectivity index (χ0n) is 23.9. The van der Waals surface area contributed by atoms with Crippen molar-refractivity contribution in [2.75, 3.05) is 0 Å². The van der Waals surface area contributed by atoms with Crippen molar-refractivity contribution in [3.05, 3.63) is 185 Å². The maximum atomic E-state index is 5.05. The van der Waals surface area contributed by atoms with Gasteiger partial charge in [-0.15, -0.1) is 0 Å².